The van der Waals surface area contributed by atoms with Gasteiger partial charge in [-0.3, -0.25) is 4.98 Å². The van der Waals surface area contributed by atoms with Gasteiger partial charge in [0.05, 0.1) is 19.8 Å². The summed E-state index contributed by atoms with van der Waals surface area (Å²) in [6.45, 7) is 9.10. The Bertz CT molecular complexity index is 1590. The summed E-state index contributed by atoms with van der Waals surface area (Å²) < 4.78 is 5.48. The first-order valence-corrected chi connectivity index (χ1v) is 12.6. The number of hydrogen-bond donors (Lipinski definition) is 0. The van der Waals surface area contributed by atoms with Crippen LogP contribution in [0.3, 0.4) is 0 Å². The number of fused-ring (bicyclic) bond motifs is 6. The van der Waals surface area contributed by atoms with E-state index in [1.807, 2.05) is 40.2 Å². The lowest BCUT2D eigenvalue weighted by molar-refractivity contribution is 0.597. The van der Waals surface area contributed by atoms with E-state index in [1.54, 1.807) is 0 Å². The molecule has 0 bridgehead atoms. The smallest absolute Gasteiger partial charge is 0.0880 e. The first-order chi connectivity index (χ1) is 14.4. The minimum absolute atomic E-state index is 0.0911. The van der Waals surface area contributed by atoms with Crippen molar-refractivity contribution in [1.29, 1.82) is 0 Å². The van der Waals surface area contributed by atoms with Crippen molar-refractivity contribution in [2.75, 3.05) is 0 Å². The van der Waals surface area contributed by atoms with Gasteiger partial charge in [-0.2, -0.15) is 0 Å². The fourth-order valence-corrected chi connectivity index (χ4v) is 7.94. The van der Waals surface area contributed by atoms with Crippen LogP contribution in [0.2, 0.25) is 0 Å². The molecule has 0 unspecified atom stereocenters. The highest BCUT2D eigenvalue weighted by molar-refractivity contribution is 7.31. The van der Waals surface area contributed by atoms with Gasteiger partial charge in [-0.15, -0.1) is 34.0 Å². The van der Waals surface area contributed by atoms with Crippen molar-refractivity contribution in [3.8, 4) is 11.3 Å². The molecule has 0 amide bonds. The first kappa shape index (κ1) is 18.5. The molecule has 2 aromatic carbocycles. The average molecular weight is 444 g/mol. The van der Waals surface area contributed by atoms with Crippen LogP contribution in [0.25, 0.3) is 51.6 Å². The molecular weight excluding hydrogens is 422 g/mol. The molecule has 0 saturated heterocycles. The summed E-state index contributed by atoms with van der Waals surface area (Å²) in [4.78, 5) is 6.26. The Morgan fingerprint density at radius 3 is 2.40 bits per heavy atom. The zero-order chi connectivity index (χ0) is 20.6. The van der Waals surface area contributed by atoms with Gasteiger partial charge in [0.1, 0.15) is 0 Å². The van der Waals surface area contributed by atoms with E-state index < -0.39 is 0 Å². The zero-order valence-corrected chi connectivity index (χ0v) is 19.8. The highest BCUT2D eigenvalue weighted by Gasteiger charge is 2.21. The highest BCUT2D eigenvalue weighted by Crippen LogP contribution is 2.45. The van der Waals surface area contributed by atoms with Crippen LogP contribution in [-0.2, 0) is 5.41 Å². The van der Waals surface area contributed by atoms with E-state index in [1.165, 1.54) is 56.3 Å². The Morgan fingerprint density at radius 1 is 0.767 bits per heavy atom. The van der Waals surface area contributed by atoms with E-state index in [0.29, 0.717) is 0 Å². The summed E-state index contributed by atoms with van der Waals surface area (Å²) in [7, 11) is 0. The average Bonchev–Trinajstić information content (AvgIpc) is 3.40. The van der Waals surface area contributed by atoms with Crippen molar-refractivity contribution in [1.82, 2.24) is 4.98 Å². The molecule has 6 aromatic rings. The predicted octanol–water partition coefficient (Wildman–Crippen LogP) is 9.15. The Morgan fingerprint density at radius 2 is 1.57 bits per heavy atom. The van der Waals surface area contributed by atoms with Crippen molar-refractivity contribution in [3.63, 3.8) is 0 Å². The molecule has 30 heavy (non-hydrogen) atoms. The Hall–Kier alpha value is -2.27. The van der Waals surface area contributed by atoms with Gasteiger partial charge in [0.15, 0.2) is 0 Å². The van der Waals surface area contributed by atoms with Gasteiger partial charge in [0.25, 0.3) is 0 Å². The normalized spacial score (nSPS) is 12.7. The van der Waals surface area contributed by atoms with Crippen molar-refractivity contribution in [2.45, 2.75) is 33.1 Å². The van der Waals surface area contributed by atoms with Crippen LogP contribution in [0.1, 0.15) is 31.2 Å². The van der Waals surface area contributed by atoms with Crippen molar-refractivity contribution < 1.29 is 0 Å². The Labute approximate surface area is 187 Å². The van der Waals surface area contributed by atoms with Gasteiger partial charge in [-0.05, 0) is 64.4 Å². The monoisotopic (exact) mass is 443 g/mol. The molecule has 1 nitrogen and oxygen atoms in total. The van der Waals surface area contributed by atoms with Gasteiger partial charge < -0.3 is 0 Å². The van der Waals surface area contributed by atoms with E-state index in [9.17, 15) is 0 Å². The minimum atomic E-state index is 0.0911. The van der Waals surface area contributed by atoms with Crippen LogP contribution in [-0.4, -0.2) is 4.98 Å². The molecule has 0 saturated carbocycles. The van der Waals surface area contributed by atoms with Crippen LogP contribution in [0.4, 0.5) is 0 Å². The molecule has 4 aromatic heterocycles. The summed E-state index contributed by atoms with van der Waals surface area (Å²) in [6, 6.07) is 16.0. The van der Waals surface area contributed by atoms with E-state index in [0.717, 1.165) is 5.69 Å². The second-order valence-electron chi connectivity index (χ2n) is 8.97. The molecule has 0 aliphatic rings. The molecule has 0 aliphatic carbocycles. The minimum Gasteiger partial charge on any atom is -0.255 e. The summed E-state index contributed by atoms with van der Waals surface area (Å²) >= 11 is 5.64. The molecular formula is C26H21NS3. The first-order valence-electron chi connectivity index (χ1n) is 10.1. The number of aromatic nitrogens is 1. The molecule has 0 aliphatic heterocycles. The van der Waals surface area contributed by atoms with Crippen LogP contribution >= 0.6 is 34.0 Å². The van der Waals surface area contributed by atoms with Crippen molar-refractivity contribution in [3.05, 3.63) is 64.5 Å². The van der Waals surface area contributed by atoms with Crippen LogP contribution < -0.4 is 0 Å². The molecule has 6 rings (SSSR count). The highest BCUT2D eigenvalue weighted by atomic mass is 32.1. The van der Waals surface area contributed by atoms with E-state index >= 15 is 0 Å². The summed E-state index contributed by atoms with van der Waals surface area (Å²) in [5.74, 6) is 0. The van der Waals surface area contributed by atoms with Crippen molar-refractivity contribution in [2.24, 2.45) is 0 Å². The molecule has 0 atom stereocenters. The third kappa shape index (κ3) is 2.67. The van der Waals surface area contributed by atoms with E-state index in [2.05, 4.69) is 75.5 Å². The lowest BCUT2D eigenvalue weighted by Gasteiger charge is -2.21. The van der Waals surface area contributed by atoms with E-state index in [-0.39, 0.29) is 5.41 Å². The third-order valence-electron chi connectivity index (χ3n) is 5.80. The van der Waals surface area contributed by atoms with Gasteiger partial charge in [-0.1, -0.05) is 32.9 Å². The number of benzene rings is 2. The molecule has 4 heteroatoms. The number of aryl methyl sites for hydroxylation is 1. The summed E-state index contributed by atoms with van der Waals surface area (Å²) in [5, 5.41) is 7.53. The van der Waals surface area contributed by atoms with Crippen molar-refractivity contribution >= 4 is 74.4 Å². The zero-order valence-electron chi connectivity index (χ0n) is 17.4. The number of pyridine rings is 1. The van der Waals surface area contributed by atoms with Crippen LogP contribution in [0, 0.1) is 6.92 Å². The molecule has 0 radical (unpaired) electrons. The quantitative estimate of drug-likeness (QED) is 0.247. The maximum absolute atomic E-state index is 4.89. The molecule has 0 spiro atoms. The maximum atomic E-state index is 4.89. The topological polar surface area (TPSA) is 12.9 Å². The second kappa shape index (κ2) is 6.36. The SMILES string of the molecule is Cc1cc2ccc3c4ccnc(-c5cc(C(C)(C)C)c6sccc6c5)c4sc3c2s1. The van der Waals surface area contributed by atoms with Gasteiger partial charge >= 0.3 is 0 Å². The third-order valence-corrected chi connectivity index (χ3v) is 9.22. The maximum Gasteiger partial charge on any atom is 0.0880 e. The van der Waals surface area contributed by atoms with E-state index in [4.69, 9.17) is 4.98 Å². The number of thiophene rings is 3. The second-order valence-corrected chi connectivity index (χ2v) is 12.2. The lowest BCUT2D eigenvalue weighted by Crippen LogP contribution is -2.11. The van der Waals surface area contributed by atoms with Crippen LogP contribution in [0.5, 0.6) is 0 Å². The molecule has 148 valence electrons. The van der Waals surface area contributed by atoms with Gasteiger partial charge in [-0.25, -0.2) is 0 Å². The Kier molecular flexibility index (Phi) is 3.92. The predicted molar refractivity (Wildman–Crippen MR) is 137 cm³/mol. The number of hydrogen-bond acceptors (Lipinski definition) is 4. The molecule has 4 heterocycles. The lowest BCUT2D eigenvalue weighted by atomic mass is 9.85. The fraction of sp³-hybridized carbons (Fsp3) is 0.192. The molecule has 0 fully saturated rings. The summed E-state index contributed by atoms with van der Waals surface area (Å²) in [6.07, 6.45) is 1.97. The van der Waals surface area contributed by atoms with Crippen LogP contribution in [0.15, 0.2) is 54.0 Å². The van der Waals surface area contributed by atoms with Gasteiger partial charge in [0, 0.05) is 32.1 Å². The largest absolute Gasteiger partial charge is 0.255 e. The molecule has 0 N–H and O–H groups in total. The summed E-state index contributed by atoms with van der Waals surface area (Å²) in [5.41, 5.74) is 3.82. The standard InChI is InChI=1S/C26H21NS3/c1-14-11-15-5-6-18-19-7-9-27-21(24(19)30-25(18)23(15)29-14)17-12-16-8-10-28-22(16)20(13-17)26(2,3)4/h5-13H,1-4H3. The Balaban J connectivity index is 1.70. The fourth-order valence-electron chi connectivity index (χ4n) is 4.37. The van der Waals surface area contributed by atoms with Gasteiger partial charge in [0.2, 0.25) is 0 Å². The number of rotatable bonds is 1. The number of nitrogens with zero attached hydrogens (tertiary/aromatic N) is 1.